The van der Waals surface area contributed by atoms with Gasteiger partial charge in [-0.15, -0.1) is 0 Å². The van der Waals surface area contributed by atoms with Gasteiger partial charge in [0.25, 0.3) is 0 Å². The van der Waals surface area contributed by atoms with E-state index in [1.807, 2.05) is 0 Å². The van der Waals surface area contributed by atoms with Crippen molar-refractivity contribution in [3.05, 3.63) is 65.2 Å². The number of hydrogen-bond acceptors (Lipinski definition) is 4. The molecule has 5 heteroatoms. The Balaban J connectivity index is 2.27. The molecule has 0 atom stereocenters. The Morgan fingerprint density at radius 2 is 1.61 bits per heavy atom. The molecule has 23 heavy (non-hydrogen) atoms. The molecule has 0 saturated carbocycles. The smallest absolute Gasteiger partial charge is 0.336 e. The molecule has 0 spiro atoms. The van der Waals surface area contributed by atoms with Crippen LogP contribution in [0.3, 0.4) is 0 Å². The lowest BCUT2D eigenvalue weighted by molar-refractivity contribution is 0.0693. The molecule has 0 heterocycles. The molecule has 0 radical (unpaired) electrons. The number of hydrogen-bond donors (Lipinski definition) is 1. The predicted octanol–water partition coefficient (Wildman–Crippen LogP) is 3.30. The van der Waals surface area contributed by atoms with E-state index in [-0.39, 0.29) is 16.9 Å². The largest absolute Gasteiger partial charge is 0.493 e. The van der Waals surface area contributed by atoms with Crippen LogP contribution in [0, 0.1) is 0 Å². The van der Waals surface area contributed by atoms with Gasteiger partial charge >= 0.3 is 5.97 Å². The van der Waals surface area contributed by atoms with Crippen molar-refractivity contribution in [3.8, 4) is 11.5 Å². The number of benzene rings is 2. The first kappa shape index (κ1) is 16.3. The van der Waals surface area contributed by atoms with Crippen LogP contribution in [0.2, 0.25) is 0 Å². The predicted molar refractivity (Wildman–Crippen MR) is 86.3 cm³/mol. The van der Waals surface area contributed by atoms with Gasteiger partial charge in [-0.1, -0.05) is 30.3 Å². The van der Waals surface area contributed by atoms with Crippen molar-refractivity contribution in [3.63, 3.8) is 0 Å². The summed E-state index contributed by atoms with van der Waals surface area (Å²) in [5.74, 6) is -0.369. The summed E-state index contributed by atoms with van der Waals surface area (Å²) in [5, 5.41) is 9.12. The number of carboxylic acids is 1. The molecule has 5 nitrogen and oxygen atoms in total. The van der Waals surface area contributed by atoms with E-state index in [1.165, 1.54) is 25.3 Å². The quantitative estimate of drug-likeness (QED) is 0.654. The van der Waals surface area contributed by atoms with Crippen molar-refractivity contribution in [2.45, 2.75) is 0 Å². The molecule has 2 aromatic carbocycles. The number of carbonyl (C=O) groups excluding carboxylic acids is 1. The van der Waals surface area contributed by atoms with Crippen LogP contribution in [0.5, 0.6) is 11.5 Å². The number of ketones is 1. The average molecular weight is 312 g/mol. The summed E-state index contributed by atoms with van der Waals surface area (Å²) in [6.45, 7) is 0. The minimum Gasteiger partial charge on any atom is -0.493 e. The highest BCUT2D eigenvalue weighted by Crippen LogP contribution is 2.28. The van der Waals surface area contributed by atoms with Gasteiger partial charge in [-0.3, -0.25) is 4.79 Å². The molecule has 0 aliphatic rings. The molecular formula is C18H16O5. The Morgan fingerprint density at radius 3 is 2.22 bits per heavy atom. The number of carboxylic acid groups (broad SMARTS) is 1. The third-order valence-corrected chi connectivity index (χ3v) is 3.26. The Kier molecular flexibility index (Phi) is 5.15. The SMILES string of the molecule is COc1ccc(/C=C\C(=O)c2ccccc2C(=O)O)cc1OC. The number of aromatic carboxylic acids is 1. The van der Waals surface area contributed by atoms with Crippen molar-refractivity contribution in [2.24, 2.45) is 0 Å². The van der Waals surface area contributed by atoms with E-state index in [1.54, 1.807) is 43.5 Å². The molecule has 118 valence electrons. The summed E-state index contributed by atoms with van der Waals surface area (Å²) in [6.07, 6.45) is 2.94. The van der Waals surface area contributed by atoms with Crippen LogP contribution in [0.25, 0.3) is 6.08 Å². The van der Waals surface area contributed by atoms with Crippen molar-refractivity contribution in [1.82, 2.24) is 0 Å². The number of carbonyl (C=O) groups is 2. The number of methoxy groups -OCH3 is 2. The lowest BCUT2D eigenvalue weighted by atomic mass is 10.0. The third-order valence-electron chi connectivity index (χ3n) is 3.26. The topological polar surface area (TPSA) is 72.8 Å². The molecule has 0 fully saturated rings. The van der Waals surface area contributed by atoms with Crippen LogP contribution in [0.1, 0.15) is 26.3 Å². The fourth-order valence-corrected chi connectivity index (χ4v) is 2.10. The monoisotopic (exact) mass is 312 g/mol. The molecule has 2 rings (SSSR count). The Labute approximate surface area is 133 Å². The van der Waals surface area contributed by atoms with E-state index >= 15 is 0 Å². The van der Waals surface area contributed by atoms with Gasteiger partial charge < -0.3 is 14.6 Å². The second-order valence-corrected chi connectivity index (χ2v) is 4.66. The van der Waals surface area contributed by atoms with Crippen molar-refractivity contribution in [1.29, 1.82) is 0 Å². The maximum atomic E-state index is 12.2. The first-order valence-corrected chi connectivity index (χ1v) is 6.83. The van der Waals surface area contributed by atoms with Gasteiger partial charge in [-0.05, 0) is 29.8 Å². The fourth-order valence-electron chi connectivity index (χ4n) is 2.10. The fraction of sp³-hybridized carbons (Fsp3) is 0.111. The number of ether oxygens (including phenoxy) is 2. The van der Waals surface area contributed by atoms with Gasteiger partial charge in [0.05, 0.1) is 19.8 Å². The molecule has 2 aromatic rings. The summed E-state index contributed by atoms with van der Waals surface area (Å²) in [7, 11) is 3.07. The van der Waals surface area contributed by atoms with Crippen LogP contribution in [-0.4, -0.2) is 31.1 Å². The Hall–Kier alpha value is -3.08. The average Bonchev–Trinajstić information content (AvgIpc) is 2.59. The van der Waals surface area contributed by atoms with E-state index in [0.29, 0.717) is 11.5 Å². The van der Waals surface area contributed by atoms with Crippen molar-refractivity contribution < 1.29 is 24.2 Å². The molecule has 0 unspecified atom stereocenters. The van der Waals surface area contributed by atoms with Gasteiger partial charge in [0.2, 0.25) is 0 Å². The maximum absolute atomic E-state index is 12.2. The molecule has 0 saturated heterocycles. The van der Waals surface area contributed by atoms with Gasteiger partial charge in [-0.2, -0.15) is 0 Å². The second kappa shape index (κ2) is 7.26. The van der Waals surface area contributed by atoms with Crippen LogP contribution >= 0.6 is 0 Å². The summed E-state index contributed by atoms with van der Waals surface area (Å²) in [4.78, 5) is 23.4. The van der Waals surface area contributed by atoms with E-state index < -0.39 is 5.97 Å². The third kappa shape index (κ3) is 3.77. The minimum atomic E-state index is -1.13. The first-order valence-electron chi connectivity index (χ1n) is 6.83. The first-order chi connectivity index (χ1) is 11.1. The van der Waals surface area contributed by atoms with Crippen LogP contribution in [0.15, 0.2) is 48.5 Å². The zero-order valence-electron chi connectivity index (χ0n) is 12.8. The van der Waals surface area contributed by atoms with Crippen molar-refractivity contribution in [2.75, 3.05) is 14.2 Å². The standard InChI is InChI=1S/C18H16O5/c1-22-16-10-8-12(11-17(16)23-2)7-9-15(19)13-5-3-4-6-14(13)18(20)21/h3-11H,1-2H3,(H,20,21)/b9-7-. The maximum Gasteiger partial charge on any atom is 0.336 e. The molecular weight excluding hydrogens is 296 g/mol. The van der Waals surface area contributed by atoms with E-state index in [2.05, 4.69) is 0 Å². The van der Waals surface area contributed by atoms with E-state index in [9.17, 15) is 9.59 Å². The zero-order valence-corrected chi connectivity index (χ0v) is 12.8. The molecule has 0 amide bonds. The summed E-state index contributed by atoms with van der Waals surface area (Å²) < 4.78 is 10.3. The van der Waals surface area contributed by atoms with Crippen molar-refractivity contribution >= 4 is 17.8 Å². The minimum absolute atomic E-state index is 0.0190. The number of allylic oxidation sites excluding steroid dienone is 1. The Morgan fingerprint density at radius 1 is 0.957 bits per heavy atom. The summed E-state index contributed by atoms with van der Waals surface area (Å²) in [5.41, 5.74) is 0.870. The second-order valence-electron chi connectivity index (χ2n) is 4.66. The zero-order chi connectivity index (χ0) is 16.8. The molecule has 1 N–H and O–H groups in total. The molecule has 0 aliphatic heterocycles. The van der Waals surface area contributed by atoms with E-state index in [0.717, 1.165) is 5.56 Å². The van der Waals surface area contributed by atoms with Crippen LogP contribution in [-0.2, 0) is 0 Å². The van der Waals surface area contributed by atoms with Crippen LogP contribution < -0.4 is 9.47 Å². The number of rotatable bonds is 6. The highest BCUT2D eigenvalue weighted by atomic mass is 16.5. The highest BCUT2D eigenvalue weighted by Gasteiger charge is 2.13. The molecule has 0 bridgehead atoms. The van der Waals surface area contributed by atoms with Gasteiger partial charge in [0, 0.05) is 5.56 Å². The highest BCUT2D eigenvalue weighted by molar-refractivity contribution is 6.12. The van der Waals surface area contributed by atoms with Gasteiger partial charge in [-0.25, -0.2) is 4.79 Å². The van der Waals surface area contributed by atoms with Crippen LogP contribution in [0.4, 0.5) is 0 Å². The summed E-state index contributed by atoms with van der Waals surface area (Å²) in [6, 6.07) is 11.3. The molecule has 0 aliphatic carbocycles. The molecule has 0 aromatic heterocycles. The lowest BCUT2D eigenvalue weighted by Gasteiger charge is -2.07. The van der Waals surface area contributed by atoms with Gasteiger partial charge in [0.15, 0.2) is 17.3 Å². The van der Waals surface area contributed by atoms with E-state index in [4.69, 9.17) is 14.6 Å². The normalized spacial score (nSPS) is 10.5. The Bertz CT molecular complexity index is 762. The lowest BCUT2D eigenvalue weighted by Crippen LogP contribution is -2.06. The summed E-state index contributed by atoms with van der Waals surface area (Å²) >= 11 is 0. The van der Waals surface area contributed by atoms with Gasteiger partial charge in [0.1, 0.15) is 0 Å².